The minimum absolute atomic E-state index is 0.0286. The molecule has 356 valence electrons. The quantitative estimate of drug-likeness (QED) is 0.0837. The maximum Gasteiger partial charge on any atom is 0.312 e. The standard InChI is InChI=1S/C50H56ClN9O7S/c1-50(2)16-11-36(42(28-50)34-3-5-37(51)6-4-34)31-56-19-21-57(22-20-56)39-7-9-41(44(26-39)59-45-25-35-12-17-52-48(35)54-43(45)29-53-59)49(61)55-68(64,65)40-8-10-47(46(27-40)60(62)63)67-32-33-13-18-58(30-33)38-14-23-66-24-15-38/h3-10,12,17,25-27,29,33,38,53H,11,13-16,18-24,28,30-32H2,1-2H3,(H,55,61). The predicted octanol–water partition coefficient (Wildman–Crippen LogP) is 8.25. The highest BCUT2D eigenvalue weighted by Gasteiger charge is 2.33. The highest BCUT2D eigenvalue weighted by atomic mass is 35.5. The van der Waals surface area contributed by atoms with Gasteiger partial charge in [0.25, 0.3) is 15.9 Å². The van der Waals surface area contributed by atoms with Gasteiger partial charge in [-0.2, -0.15) is 0 Å². The lowest BCUT2D eigenvalue weighted by Gasteiger charge is -2.39. The van der Waals surface area contributed by atoms with Crippen LogP contribution in [-0.4, -0.2) is 120 Å². The Morgan fingerprint density at radius 2 is 1.79 bits per heavy atom. The number of piperazine rings is 1. The van der Waals surface area contributed by atoms with Crippen LogP contribution in [0.4, 0.5) is 11.4 Å². The van der Waals surface area contributed by atoms with Crippen molar-refractivity contribution in [1.29, 1.82) is 0 Å². The number of anilines is 1. The van der Waals surface area contributed by atoms with Gasteiger partial charge < -0.3 is 14.4 Å². The molecule has 16 nitrogen and oxygen atoms in total. The van der Waals surface area contributed by atoms with Crippen molar-refractivity contribution in [3.63, 3.8) is 0 Å². The molecule has 6 aromatic rings. The van der Waals surface area contributed by atoms with E-state index in [-0.39, 0.29) is 29.3 Å². The molecule has 1 amide bonds. The summed E-state index contributed by atoms with van der Waals surface area (Å²) in [5, 5.41) is 17.1. The lowest BCUT2D eigenvalue weighted by molar-refractivity contribution is -0.386. The summed E-state index contributed by atoms with van der Waals surface area (Å²) in [6, 6.07) is 21.2. The summed E-state index contributed by atoms with van der Waals surface area (Å²) in [4.78, 5) is 41.8. The average Bonchev–Trinajstić information content (AvgIpc) is 4.11. The largest absolute Gasteiger partial charge is 0.486 e. The number of nitro groups is 1. The number of nitrogens with one attached hydrogen (secondary N) is 2. The average molecular weight is 963 g/mol. The van der Waals surface area contributed by atoms with E-state index in [0.29, 0.717) is 28.4 Å². The summed E-state index contributed by atoms with van der Waals surface area (Å²) in [5.74, 6) is -0.761. The van der Waals surface area contributed by atoms with Crippen molar-refractivity contribution in [2.24, 2.45) is 11.3 Å². The summed E-state index contributed by atoms with van der Waals surface area (Å²) in [6.45, 7) is 12.2. The van der Waals surface area contributed by atoms with Gasteiger partial charge >= 0.3 is 5.69 Å². The molecule has 2 N–H and O–H groups in total. The number of nitro benzene ring substituents is 1. The number of sulfonamides is 1. The first-order valence-corrected chi connectivity index (χ1v) is 25.3. The van der Waals surface area contributed by atoms with Crippen LogP contribution in [0.5, 0.6) is 5.75 Å². The molecule has 6 heterocycles. The van der Waals surface area contributed by atoms with Crippen LogP contribution in [0.25, 0.3) is 33.3 Å². The number of pyridine rings is 1. The van der Waals surface area contributed by atoms with Gasteiger partial charge in [0.05, 0.1) is 33.2 Å². The Morgan fingerprint density at radius 3 is 2.57 bits per heavy atom. The van der Waals surface area contributed by atoms with Crippen LogP contribution in [0.1, 0.15) is 68.3 Å². The number of likely N-dealkylation sites (tertiary alicyclic amines) is 1. The van der Waals surface area contributed by atoms with E-state index in [2.05, 4.69) is 55.5 Å². The number of fused-ring (bicyclic) bond motifs is 2. The molecule has 0 saturated carbocycles. The molecule has 0 spiro atoms. The zero-order valence-corrected chi connectivity index (χ0v) is 39.9. The van der Waals surface area contributed by atoms with Crippen LogP contribution in [-0.2, 0) is 14.8 Å². The molecule has 1 aliphatic carbocycles. The third-order valence-electron chi connectivity index (χ3n) is 14.2. The van der Waals surface area contributed by atoms with Crippen molar-refractivity contribution < 1.29 is 27.6 Å². The fourth-order valence-corrected chi connectivity index (χ4v) is 11.5. The van der Waals surface area contributed by atoms with E-state index in [4.69, 9.17) is 26.1 Å². The number of allylic oxidation sites excluding steroid dienone is 1. The van der Waals surface area contributed by atoms with Gasteiger partial charge in [-0.25, -0.2) is 23.1 Å². The molecule has 3 aromatic heterocycles. The number of ether oxygens (including phenoxy) is 2. The predicted molar refractivity (Wildman–Crippen MR) is 262 cm³/mol. The van der Waals surface area contributed by atoms with E-state index in [1.807, 2.05) is 36.4 Å². The Balaban J connectivity index is 0.879. The molecule has 10 rings (SSSR count). The highest BCUT2D eigenvalue weighted by molar-refractivity contribution is 7.90. The van der Waals surface area contributed by atoms with Crippen molar-refractivity contribution >= 4 is 66.5 Å². The fourth-order valence-electron chi connectivity index (χ4n) is 10.4. The van der Waals surface area contributed by atoms with Gasteiger partial charge in [0.2, 0.25) is 0 Å². The Morgan fingerprint density at radius 1 is 1.00 bits per heavy atom. The van der Waals surface area contributed by atoms with Crippen LogP contribution in [0.15, 0.2) is 95.7 Å². The molecule has 0 radical (unpaired) electrons. The Hall–Kier alpha value is -5.85. The molecular weight excluding hydrogens is 906 g/mol. The maximum atomic E-state index is 14.3. The Kier molecular flexibility index (Phi) is 12.8. The number of halogens is 1. The number of carbonyl (C=O) groups excluding carboxylic acids is 1. The summed E-state index contributed by atoms with van der Waals surface area (Å²) in [6.07, 6.45) is 9.45. The van der Waals surface area contributed by atoms with Crippen LogP contribution in [0, 0.1) is 21.4 Å². The van der Waals surface area contributed by atoms with Gasteiger partial charge in [-0.05, 0) is 116 Å². The molecule has 0 bridgehead atoms. The summed E-state index contributed by atoms with van der Waals surface area (Å²) >= 11 is 6.27. The van der Waals surface area contributed by atoms with Gasteiger partial charge in [-0.3, -0.25) is 34.5 Å². The number of rotatable bonds is 13. The normalized spacial score (nSPS) is 19.8. The van der Waals surface area contributed by atoms with E-state index in [1.165, 1.54) is 28.8 Å². The second-order valence-electron chi connectivity index (χ2n) is 19.4. The van der Waals surface area contributed by atoms with Gasteiger partial charge in [0, 0.05) is 99.0 Å². The first kappa shape index (κ1) is 45.9. The van der Waals surface area contributed by atoms with E-state index >= 15 is 0 Å². The fraction of sp³-hybridized carbons (Fsp3) is 0.420. The maximum absolute atomic E-state index is 14.3. The number of aromatic nitrogens is 4. The van der Waals surface area contributed by atoms with Gasteiger partial charge in [0.1, 0.15) is 5.52 Å². The van der Waals surface area contributed by atoms with E-state index in [9.17, 15) is 23.3 Å². The smallest absolute Gasteiger partial charge is 0.312 e. The third kappa shape index (κ3) is 9.72. The number of aromatic amines is 1. The van der Waals surface area contributed by atoms with Gasteiger partial charge in [-0.15, -0.1) is 0 Å². The monoisotopic (exact) mass is 961 g/mol. The highest BCUT2D eigenvalue weighted by Crippen LogP contribution is 2.43. The first-order chi connectivity index (χ1) is 32.8. The van der Waals surface area contributed by atoms with Gasteiger partial charge in [0.15, 0.2) is 11.4 Å². The van der Waals surface area contributed by atoms with Crippen molar-refractivity contribution in [3.05, 3.63) is 117 Å². The molecule has 3 aromatic carbocycles. The topological polar surface area (TPSA) is 181 Å². The lowest BCUT2D eigenvalue weighted by Crippen LogP contribution is -2.47. The van der Waals surface area contributed by atoms with Crippen LogP contribution in [0.2, 0.25) is 5.02 Å². The van der Waals surface area contributed by atoms with E-state index < -0.39 is 31.4 Å². The van der Waals surface area contributed by atoms with Crippen LogP contribution in [0.3, 0.4) is 0 Å². The molecule has 68 heavy (non-hydrogen) atoms. The van der Waals surface area contributed by atoms with Crippen molar-refractivity contribution in [2.75, 3.05) is 70.5 Å². The van der Waals surface area contributed by atoms with Crippen molar-refractivity contribution in [3.8, 4) is 11.4 Å². The van der Waals surface area contributed by atoms with E-state index in [0.717, 1.165) is 120 Å². The number of hydrogen-bond donors (Lipinski definition) is 2. The van der Waals surface area contributed by atoms with E-state index in [1.54, 1.807) is 23.1 Å². The third-order valence-corrected chi connectivity index (χ3v) is 15.8. The second kappa shape index (κ2) is 18.9. The van der Waals surface area contributed by atoms with Crippen LogP contribution < -0.4 is 14.4 Å². The molecule has 4 aliphatic rings. The Labute approximate surface area is 400 Å². The molecule has 3 fully saturated rings. The number of amides is 1. The molecule has 3 saturated heterocycles. The molecule has 1 atom stereocenters. The first-order valence-electron chi connectivity index (χ1n) is 23.5. The zero-order valence-electron chi connectivity index (χ0n) is 38.3. The summed E-state index contributed by atoms with van der Waals surface area (Å²) < 4.78 is 43.3. The van der Waals surface area contributed by atoms with Gasteiger partial charge in [-0.1, -0.05) is 43.2 Å². The number of carbonyl (C=O) groups is 1. The zero-order chi connectivity index (χ0) is 47.2. The number of nitrogens with zero attached hydrogens (tertiary/aromatic N) is 7. The number of benzene rings is 3. The summed E-state index contributed by atoms with van der Waals surface area (Å²) in [5.41, 5.74) is 7.00. The minimum Gasteiger partial charge on any atom is -0.486 e. The second-order valence-corrected chi connectivity index (χ2v) is 21.5. The SMILES string of the molecule is CC1(C)CCC(CN2CCN(c3ccc(C(=O)NS(=O)(=O)c4ccc(OCC5CCN(C6CCOCC6)C5)c([N+](=O)[O-])c4)c(-n4[nH]cc5nc6nccc6cc54)c3)CC2)=C(c2ccc(Cl)cc2)C1. The number of H-pyrrole nitrogens is 1. The minimum atomic E-state index is -4.60. The lowest BCUT2D eigenvalue weighted by atomic mass is 9.72. The molecule has 1 unspecified atom stereocenters. The summed E-state index contributed by atoms with van der Waals surface area (Å²) in [7, 11) is -4.60. The molecular formula is C50H56ClN9O7S. The number of hydrogen-bond acceptors (Lipinski definition) is 12. The van der Waals surface area contributed by atoms with Crippen molar-refractivity contribution in [1.82, 2.24) is 34.3 Å². The van der Waals surface area contributed by atoms with Crippen LogP contribution >= 0.6 is 11.6 Å². The Bertz CT molecular complexity index is 3010. The molecule has 3 aliphatic heterocycles. The van der Waals surface area contributed by atoms with Crippen molar-refractivity contribution in [2.45, 2.75) is 63.3 Å². The molecule has 18 heteroatoms.